The monoisotopic (exact) mass is 269 g/mol. The second kappa shape index (κ2) is 5.69. The highest BCUT2D eigenvalue weighted by Gasteiger charge is 2.27. The van der Waals surface area contributed by atoms with Gasteiger partial charge in [-0.2, -0.15) is 0 Å². The van der Waals surface area contributed by atoms with Gasteiger partial charge in [-0.05, 0) is 37.1 Å². The molecule has 4 heteroatoms. The summed E-state index contributed by atoms with van der Waals surface area (Å²) in [5.74, 6) is 0. The van der Waals surface area contributed by atoms with Crippen LogP contribution in [0.5, 0.6) is 0 Å². The first-order valence-electron chi connectivity index (χ1n) is 6.92. The Morgan fingerprint density at radius 1 is 0.950 bits per heavy atom. The van der Waals surface area contributed by atoms with Gasteiger partial charge in [-0.15, -0.1) is 0 Å². The lowest BCUT2D eigenvalue weighted by Gasteiger charge is -2.31. The van der Waals surface area contributed by atoms with Gasteiger partial charge in [0.15, 0.2) is 0 Å². The van der Waals surface area contributed by atoms with Crippen LogP contribution in [-0.2, 0) is 4.74 Å². The minimum atomic E-state index is 0.122. The molecular formula is C16H19N3O. The number of ether oxygens (including phenoxy) is 1. The van der Waals surface area contributed by atoms with Crippen LogP contribution in [0.2, 0.25) is 0 Å². The zero-order chi connectivity index (χ0) is 13.9. The van der Waals surface area contributed by atoms with Crippen molar-refractivity contribution in [1.82, 2.24) is 15.3 Å². The van der Waals surface area contributed by atoms with Crippen molar-refractivity contribution < 1.29 is 4.74 Å². The van der Waals surface area contributed by atoms with E-state index in [0.29, 0.717) is 13.2 Å². The number of pyridine rings is 2. The lowest BCUT2D eigenvalue weighted by molar-refractivity contribution is 0.0420. The average molecular weight is 269 g/mol. The van der Waals surface area contributed by atoms with Gasteiger partial charge in [-0.1, -0.05) is 12.1 Å². The van der Waals surface area contributed by atoms with E-state index in [1.54, 1.807) is 0 Å². The molecule has 0 unspecified atom stereocenters. The molecule has 3 rings (SSSR count). The maximum absolute atomic E-state index is 5.77. The van der Waals surface area contributed by atoms with Crippen LogP contribution >= 0.6 is 0 Å². The molecule has 1 aliphatic rings. The molecule has 2 aromatic rings. The highest BCUT2D eigenvalue weighted by Crippen LogP contribution is 2.25. The Morgan fingerprint density at radius 3 is 1.90 bits per heavy atom. The largest absolute Gasteiger partial charge is 0.377 e. The molecule has 0 saturated carbocycles. The highest BCUT2D eigenvalue weighted by molar-refractivity contribution is 5.25. The second-order valence-corrected chi connectivity index (χ2v) is 5.22. The van der Waals surface area contributed by atoms with Gasteiger partial charge in [0, 0.05) is 12.4 Å². The number of morpholine rings is 1. The number of nitrogens with one attached hydrogen (secondary N) is 1. The maximum atomic E-state index is 5.77. The number of aryl methyl sites for hydroxylation is 2. The Kier molecular flexibility index (Phi) is 3.76. The Hall–Kier alpha value is -1.78. The number of aromatic nitrogens is 2. The summed E-state index contributed by atoms with van der Waals surface area (Å²) in [5.41, 5.74) is 4.50. The summed E-state index contributed by atoms with van der Waals surface area (Å²) in [6.07, 6.45) is 3.67. The van der Waals surface area contributed by atoms with Gasteiger partial charge in [-0.25, -0.2) is 0 Å². The SMILES string of the molecule is Cc1cccnc1[C@@H]1COC[C@H](c2ncccc2C)N1. The standard InChI is InChI=1S/C16H19N3O/c1-11-5-3-7-17-15(11)13-9-20-10-14(19-13)16-12(2)6-4-8-18-16/h3-8,13-14,19H,9-10H2,1-2H3/t13-,14+. The van der Waals surface area contributed by atoms with Gasteiger partial charge in [0.25, 0.3) is 0 Å². The minimum absolute atomic E-state index is 0.122. The molecule has 2 aromatic heterocycles. The van der Waals surface area contributed by atoms with Crippen molar-refractivity contribution in [2.45, 2.75) is 25.9 Å². The molecule has 0 radical (unpaired) electrons. The lowest BCUT2D eigenvalue weighted by Crippen LogP contribution is -2.39. The van der Waals surface area contributed by atoms with Crippen LogP contribution in [0.25, 0.3) is 0 Å². The summed E-state index contributed by atoms with van der Waals surface area (Å²) in [7, 11) is 0. The van der Waals surface area contributed by atoms with Crippen molar-refractivity contribution >= 4 is 0 Å². The minimum Gasteiger partial charge on any atom is -0.377 e. The van der Waals surface area contributed by atoms with Crippen LogP contribution in [0, 0.1) is 13.8 Å². The van der Waals surface area contributed by atoms with Crippen LogP contribution in [0.3, 0.4) is 0 Å². The summed E-state index contributed by atoms with van der Waals surface area (Å²) in [5, 5.41) is 3.62. The fourth-order valence-electron chi connectivity index (χ4n) is 2.68. The molecule has 1 N–H and O–H groups in total. The normalized spacial score (nSPS) is 22.7. The van der Waals surface area contributed by atoms with Crippen LogP contribution < -0.4 is 5.32 Å². The molecule has 4 nitrogen and oxygen atoms in total. The lowest BCUT2D eigenvalue weighted by atomic mass is 10.0. The van der Waals surface area contributed by atoms with Gasteiger partial charge in [0.05, 0.1) is 36.7 Å². The Balaban J connectivity index is 1.84. The summed E-state index contributed by atoms with van der Waals surface area (Å²) in [4.78, 5) is 8.98. The van der Waals surface area contributed by atoms with Crippen molar-refractivity contribution in [2.24, 2.45) is 0 Å². The molecule has 1 aliphatic heterocycles. The van der Waals surface area contributed by atoms with E-state index >= 15 is 0 Å². The zero-order valence-corrected chi connectivity index (χ0v) is 11.8. The number of hydrogen-bond acceptors (Lipinski definition) is 4. The third-order valence-electron chi connectivity index (χ3n) is 3.73. The van der Waals surface area contributed by atoms with Gasteiger partial charge in [0.1, 0.15) is 0 Å². The van der Waals surface area contributed by atoms with E-state index in [1.807, 2.05) is 24.5 Å². The quantitative estimate of drug-likeness (QED) is 0.910. The number of nitrogens with zero attached hydrogens (tertiary/aromatic N) is 2. The van der Waals surface area contributed by atoms with Gasteiger partial charge < -0.3 is 4.74 Å². The first-order chi connectivity index (χ1) is 9.75. The van der Waals surface area contributed by atoms with E-state index in [2.05, 4.69) is 41.3 Å². The highest BCUT2D eigenvalue weighted by atomic mass is 16.5. The van der Waals surface area contributed by atoms with Gasteiger partial charge in [-0.3, -0.25) is 15.3 Å². The average Bonchev–Trinajstić information content (AvgIpc) is 2.48. The van der Waals surface area contributed by atoms with E-state index in [4.69, 9.17) is 4.74 Å². The predicted molar refractivity (Wildman–Crippen MR) is 77.4 cm³/mol. The molecule has 0 aliphatic carbocycles. The molecule has 2 atom stereocenters. The second-order valence-electron chi connectivity index (χ2n) is 5.22. The topological polar surface area (TPSA) is 47.0 Å². The number of rotatable bonds is 2. The third kappa shape index (κ3) is 2.57. The van der Waals surface area contributed by atoms with Crippen LogP contribution in [0.15, 0.2) is 36.7 Å². The summed E-state index contributed by atoms with van der Waals surface area (Å²) in [6.45, 7) is 5.47. The maximum Gasteiger partial charge on any atom is 0.0741 e. The molecule has 0 spiro atoms. The first-order valence-corrected chi connectivity index (χ1v) is 6.92. The molecular weight excluding hydrogens is 250 g/mol. The summed E-state index contributed by atoms with van der Waals surface area (Å²) >= 11 is 0. The van der Waals surface area contributed by atoms with Gasteiger partial charge >= 0.3 is 0 Å². The Labute approximate surface area is 119 Å². The van der Waals surface area contributed by atoms with E-state index in [9.17, 15) is 0 Å². The predicted octanol–water partition coefficient (Wildman–Crippen LogP) is 2.50. The smallest absolute Gasteiger partial charge is 0.0741 e. The zero-order valence-electron chi connectivity index (χ0n) is 11.8. The van der Waals surface area contributed by atoms with Crippen LogP contribution in [0.1, 0.15) is 34.6 Å². The van der Waals surface area contributed by atoms with Crippen molar-refractivity contribution in [1.29, 1.82) is 0 Å². The molecule has 0 aromatic carbocycles. The van der Waals surface area contributed by atoms with Crippen molar-refractivity contribution in [3.05, 3.63) is 59.2 Å². The third-order valence-corrected chi connectivity index (χ3v) is 3.73. The van der Waals surface area contributed by atoms with E-state index in [-0.39, 0.29) is 12.1 Å². The van der Waals surface area contributed by atoms with E-state index < -0.39 is 0 Å². The van der Waals surface area contributed by atoms with E-state index in [1.165, 1.54) is 11.1 Å². The Bertz CT molecular complexity index is 548. The fourth-order valence-corrected chi connectivity index (χ4v) is 2.68. The molecule has 1 saturated heterocycles. The molecule has 0 bridgehead atoms. The first kappa shape index (κ1) is 13.2. The number of hydrogen-bond donors (Lipinski definition) is 1. The van der Waals surface area contributed by atoms with Crippen molar-refractivity contribution in [2.75, 3.05) is 13.2 Å². The Morgan fingerprint density at radius 2 is 1.45 bits per heavy atom. The van der Waals surface area contributed by atoms with E-state index in [0.717, 1.165) is 11.4 Å². The van der Waals surface area contributed by atoms with Crippen molar-refractivity contribution in [3.63, 3.8) is 0 Å². The molecule has 1 fully saturated rings. The molecule has 104 valence electrons. The fraction of sp³-hybridized carbons (Fsp3) is 0.375. The summed E-state index contributed by atoms with van der Waals surface area (Å²) in [6, 6.07) is 8.33. The van der Waals surface area contributed by atoms with Crippen molar-refractivity contribution in [3.8, 4) is 0 Å². The molecule has 20 heavy (non-hydrogen) atoms. The molecule has 3 heterocycles. The van der Waals surface area contributed by atoms with Gasteiger partial charge in [0.2, 0.25) is 0 Å². The van der Waals surface area contributed by atoms with Crippen LogP contribution in [0.4, 0.5) is 0 Å². The summed E-state index contributed by atoms with van der Waals surface area (Å²) < 4.78 is 5.77. The molecule has 0 amide bonds. The van der Waals surface area contributed by atoms with Crippen LogP contribution in [-0.4, -0.2) is 23.2 Å².